The van der Waals surface area contributed by atoms with Crippen LogP contribution in [0.25, 0.3) is 11.0 Å². The lowest BCUT2D eigenvalue weighted by Gasteiger charge is -2.08. The summed E-state index contributed by atoms with van der Waals surface area (Å²) in [6.45, 7) is 0. The van der Waals surface area contributed by atoms with Crippen LogP contribution >= 0.6 is 15.9 Å². The number of ether oxygens (including phenoxy) is 1. The Morgan fingerprint density at radius 1 is 1.00 bits per heavy atom. The van der Waals surface area contributed by atoms with Gasteiger partial charge in [-0.05, 0) is 34.1 Å². The average Bonchev–Trinajstić information content (AvgIpc) is 2.72. The number of hydrogen-bond acceptors (Lipinski definition) is 2. The Balaban J connectivity index is 2.05. The number of fused-ring (bicyclic) bond motifs is 1. The minimum atomic E-state index is -0.806. The number of benzene rings is 2. The van der Waals surface area contributed by atoms with Gasteiger partial charge < -0.3 is 14.7 Å². The maximum Gasteiger partial charge on any atom is 0.323 e. The molecule has 1 aromatic heterocycles. The number of imidazole rings is 1. The van der Waals surface area contributed by atoms with Gasteiger partial charge in [-0.15, -0.1) is 0 Å². The van der Waals surface area contributed by atoms with Gasteiger partial charge in [-0.25, -0.2) is 13.6 Å². The zero-order valence-corrected chi connectivity index (χ0v) is 11.4. The molecule has 0 aliphatic heterocycles. The molecule has 3 rings (SSSR count). The Labute approximate surface area is 119 Å². The minimum Gasteiger partial charge on any atom is -0.453 e. The molecule has 102 valence electrons. The Hall–Kier alpha value is -2.15. The van der Waals surface area contributed by atoms with Crippen molar-refractivity contribution in [3.8, 4) is 11.5 Å². The first-order valence-corrected chi connectivity index (χ1v) is 6.37. The van der Waals surface area contributed by atoms with E-state index in [1.165, 1.54) is 6.07 Å². The summed E-state index contributed by atoms with van der Waals surface area (Å²) in [6.07, 6.45) is 0. The van der Waals surface area contributed by atoms with Gasteiger partial charge >= 0.3 is 5.69 Å². The van der Waals surface area contributed by atoms with Gasteiger partial charge in [0.05, 0.1) is 15.5 Å². The third kappa shape index (κ3) is 2.32. The molecule has 0 aliphatic rings. The molecule has 0 atom stereocenters. The highest BCUT2D eigenvalue weighted by molar-refractivity contribution is 9.10. The van der Waals surface area contributed by atoms with Gasteiger partial charge in [0.25, 0.3) is 0 Å². The first-order valence-electron chi connectivity index (χ1n) is 5.57. The number of rotatable bonds is 2. The number of aromatic nitrogens is 2. The predicted molar refractivity (Wildman–Crippen MR) is 73.1 cm³/mol. The second kappa shape index (κ2) is 4.75. The summed E-state index contributed by atoms with van der Waals surface area (Å²) < 4.78 is 32.3. The lowest BCUT2D eigenvalue weighted by Crippen LogP contribution is -1.99. The number of nitrogens with one attached hydrogen (secondary N) is 2. The fraction of sp³-hybridized carbons (Fsp3) is 0. The van der Waals surface area contributed by atoms with Crippen molar-refractivity contribution in [2.45, 2.75) is 0 Å². The molecule has 0 amide bonds. The first-order chi connectivity index (χ1) is 9.52. The van der Waals surface area contributed by atoms with Gasteiger partial charge in [0, 0.05) is 12.1 Å². The summed E-state index contributed by atoms with van der Waals surface area (Å²) in [4.78, 5) is 16.4. The van der Waals surface area contributed by atoms with Crippen LogP contribution in [-0.2, 0) is 0 Å². The quantitative estimate of drug-likeness (QED) is 0.747. The summed E-state index contributed by atoms with van der Waals surface area (Å²) in [6, 6.07) is 6.20. The lowest BCUT2D eigenvalue weighted by atomic mass is 10.3. The van der Waals surface area contributed by atoms with Gasteiger partial charge in [0.1, 0.15) is 11.6 Å². The molecule has 7 heteroatoms. The van der Waals surface area contributed by atoms with Crippen LogP contribution in [0.4, 0.5) is 8.78 Å². The molecule has 2 aromatic carbocycles. The van der Waals surface area contributed by atoms with Crippen LogP contribution in [0.5, 0.6) is 11.5 Å². The zero-order chi connectivity index (χ0) is 14.3. The van der Waals surface area contributed by atoms with Crippen molar-refractivity contribution in [2.75, 3.05) is 0 Å². The van der Waals surface area contributed by atoms with E-state index < -0.39 is 11.6 Å². The van der Waals surface area contributed by atoms with E-state index in [1.54, 1.807) is 12.1 Å². The fourth-order valence-corrected chi connectivity index (χ4v) is 2.22. The predicted octanol–water partition coefficient (Wildman–Crippen LogP) is 3.69. The first kappa shape index (κ1) is 12.9. The molecule has 0 fully saturated rings. The second-order valence-corrected chi connectivity index (χ2v) is 4.94. The molecule has 4 nitrogen and oxygen atoms in total. The van der Waals surface area contributed by atoms with E-state index in [-0.39, 0.29) is 11.4 Å². The van der Waals surface area contributed by atoms with E-state index in [2.05, 4.69) is 25.9 Å². The number of halogens is 3. The largest absolute Gasteiger partial charge is 0.453 e. The molecule has 0 saturated carbocycles. The molecule has 0 spiro atoms. The maximum atomic E-state index is 13.5. The summed E-state index contributed by atoms with van der Waals surface area (Å²) in [7, 11) is 0. The van der Waals surface area contributed by atoms with Crippen LogP contribution in [0.2, 0.25) is 0 Å². The average molecular weight is 341 g/mol. The van der Waals surface area contributed by atoms with Crippen molar-refractivity contribution in [1.82, 2.24) is 9.97 Å². The van der Waals surface area contributed by atoms with Crippen LogP contribution in [0.1, 0.15) is 0 Å². The standard InChI is InChI=1S/C13H7BrF2N2O2/c14-7-4-9-10(18-13(19)17-9)5-12(7)20-11-2-1-6(15)3-8(11)16/h1-5H,(H2,17,18,19). The van der Waals surface area contributed by atoms with E-state index in [4.69, 9.17) is 4.74 Å². The van der Waals surface area contributed by atoms with Crippen molar-refractivity contribution >= 4 is 27.0 Å². The molecule has 0 saturated heterocycles. The van der Waals surface area contributed by atoms with Gasteiger partial charge in [-0.1, -0.05) is 0 Å². The summed E-state index contributed by atoms with van der Waals surface area (Å²) >= 11 is 3.27. The van der Waals surface area contributed by atoms with Gasteiger partial charge in [0.15, 0.2) is 11.6 Å². The highest BCUT2D eigenvalue weighted by atomic mass is 79.9. The molecule has 3 aromatic rings. The molecule has 1 heterocycles. The number of aromatic amines is 2. The van der Waals surface area contributed by atoms with Crippen molar-refractivity contribution < 1.29 is 13.5 Å². The molecule has 0 unspecified atom stereocenters. The molecule has 2 N–H and O–H groups in total. The smallest absolute Gasteiger partial charge is 0.323 e. The summed E-state index contributed by atoms with van der Waals surface area (Å²) in [5.74, 6) is -1.29. The number of H-pyrrole nitrogens is 2. The van der Waals surface area contributed by atoms with Crippen LogP contribution in [0, 0.1) is 11.6 Å². The third-order valence-electron chi connectivity index (χ3n) is 2.68. The van der Waals surface area contributed by atoms with Gasteiger partial charge in [-0.2, -0.15) is 0 Å². The Morgan fingerprint density at radius 3 is 2.40 bits per heavy atom. The van der Waals surface area contributed by atoms with Gasteiger partial charge in [0.2, 0.25) is 0 Å². The van der Waals surface area contributed by atoms with Crippen LogP contribution in [-0.4, -0.2) is 9.97 Å². The van der Waals surface area contributed by atoms with Crippen LogP contribution in [0.15, 0.2) is 39.6 Å². The van der Waals surface area contributed by atoms with E-state index in [0.29, 0.717) is 21.3 Å². The highest BCUT2D eigenvalue weighted by Crippen LogP contribution is 2.33. The summed E-state index contributed by atoms with van der Waals surface area (Å²) in [5.41, 5.74) is 0.765. The summed E-state index contributed by atoms with van der Waals surface area (Å²) in [5, 5.41) is 0. The molecule has 0 bridgehead atoms. The van der Waals surface area contributed by atoms with Crippen molar-refractivity contribution in [1.29, 1.82) is 0 Å². The fourth-order valence-electron chi connectivity index (χ4n) is 1.79. The minimum absolute atomic E-state index is 0.107. The Kier molecular flexibility index (Phi) is 3.06. The molecular formula is C13H7BrF2N2O2. The van der Waals surface area contributed by atoms with Gasteiger partial charge in [-0.3, -0.25) is 0 Å². The van der Waals surface area contributed by atoms with E-state index >= 15 is 0 Å². The molecule has 20 heavy (non-hydrogen) atoms. The lowest BCUT2D eigenvalue weighted by molar-refractivity contribution is 0.436. The zero-order valence-electron chi connectivity index (χ0n) is 9.84. The van der Waals surface area contributed by atoms with Crippen molar-refractivity contribution in [2.24, 2.45) is 0 Å². The van der Waals surface area contributed by atoms with Crippen molar-refractivity contribution in [3.63, 3.8) is 0 Å². The van der Waals surface area contributed by atoms with E-state index in [1.807, 2.05) is 0 Å². The monoisotopic (exact) mass is 340 g/mol. The molecular weight excluding hydrogens is 334 g/mol. The maximum absolute atomic E-state index is 13.5. The van der Waals surface area contributed by atoms with Crippen LogP contribution in [0.3, 0.4) is 0 Å². The SMILES string of the molecule is O=c1[nH]c2cc(Br)c(Oc3ccc(F)cc3F)cc2[nH]1. The highest BCUT2D eigenvalue weighted by Gasteiger charge is 2.11. The van der Waals surface area contributed by atoms with E-state index in [9.17, 15) is 13.6 Å². The van der Waals surface area contributed by atoms with E-state index in [0.717, 1.165) is 12.1 Å². The number of hydrogen-bond donors (Lipinski definition) is 2. The molecule has 0 radical (unpaired) electrons. The Morgan fingerprint density at radius 2 is 1.70 bits per heavy atom. The van der Waals surface area contributed by atoms with Crippen LogP contribution < -0.4 is 10.4 Å². The third-order valence-corrected chi connectivity index (χ3v) is 3.30. The second-order valence-electron chi connectivity index (χ2n) is 4.08. The van der Waals surface area contributed by atoms with Crippen molar-refractivity contribution in [3.05, 3.63) is 56.9 Å². The normalized spacial score (nSPS) is 10.9. The topological polar surface area (TPSA) is 57.9 Å². The molecule has 0 aliphatic carbocycles. The Bertz CT molecular complexity index is 857.